The van der Waals surface area contributed by atoms with Crippen LogP contribution in [0.2, 0.25) is 0 Å². The summed E-state index contributed by atoms with van der Waals surface area (Å²) in [5.74, 6) is 1.37. The van der Waals surface area contributed by atoms with Crippen LogP contribution < -0.4 is 10.6 Å². The van der Waals surface area contributed by atoms with Gasteiger partial charge in [0.05, 0.1) is 0 Å². The van der Waals surface area contributed by atoms with Gasteiger partial charge in [-0.1, -0.05) is 5.47 Å². The Balaban J connectivity index is 3.25. The Kier molecular flexibility index (Phi) is 3.57. The molecule has 0 bridgehead atoms. The van der Waals surface area contributed by atoms with E-state index in [4.69, 9.17) is 13.3 Å². The standard InChI is InChI=1S/C8H11BBrN5/c1-4(9)8-14-7(12-2)5(10)6(11)15(8)13-3/h11-12,14H,3H2,1-2H3/b8-4+,11-6?. The quantitative estimate of drug-likeness (QED) is 0.508. The second-order valence-corrected chi connectivity index (χ2v) is 3.69. The number of allylic oxidation sites excluding steroid dienone is 1. The first kappa shape index (κ1) is 11.8. The Hall–Kier alpha value is -1.24. The zero-order chi connectivity index (χ0) is 11.6. The lowest BCUT2D eigenvalue weighted by Crippen LogP contribution is -2.42. The van der Waals surface area contributed by atoms with Crippen LogP contribution in [0.3, 0.4) is 0 Å². The predicted octanol–water partition coefficient (Wildman–Crippen LogP) is 0.625. The van der Waals surface area contributed by atoms with Gasteiger partial charge in [0, 0.05) is 13.8 Å². The van der Waals surface area contributed by atoms with Crippen LogP contribution in [0.1, 0.15) is 6.92 Å². The third-order valence-corrected chi connectivity index (χ3v) is 2.63. The molecule has 5 nitrogen and oxygen atoms in total. The fraction of sp³-hybridized carbons (Fsp3) is 0.250. The van der Waals surface area contributed by atoms with E-state index in [1.54, 1.807) is 14.0 Å². The van der Waals surface area contributed by atoms with Crippen LogP contribution in [-0.2, 0) is 0 Å². The zero-order valence-corrected chi connectivity index (χ0v) is 10.1. The van der Waals surface area contributed by atoms with E-state index in [9.17, 15) is 0 Å². The monoisotopic (exact) mass is 267 g/mol. The molecule has 0 aromatic heterocycles. The van der Waals surface area contributed by atoms with Gasteiger partial charge in [-0.25, -0.2) is 0 Å². The summed E-state index contributed by atoms with van der Waals surface area (Å²) in [6.07, 6.45) is 0. The number of hydrazone groups is 1. The van der Waals surface area contributed by atoms with Gasteiger partial charge in [-0.15, -0.1) is 0 Å². The zero-order valence-electron chi connectivity index (χ0n) is 8.56. The molecule has 2 radical (unpaired) electrons. The van der Waals surface area contributed by atoms with Crippen LogP contribution in [0.4, 0.5) is 0 Å². The summed E-state index contributed by atoms with van der Waals surface area (Å²) in [6.45, 7) is 5.12. The first-order valence-corrected chi connectivity index (χ1v) is 4.98. The topological polar surface area (TPSA) is 63.5 Å². The van der Waals surface area contributed by atoms with Crippen molar-refractivity contribution < 1.29 is 0 Å². The minimum Gasteiger partial charge on any atom is -0.374 e. The van der Waals surface area contributed by atoms with Gasteiger partial charge < -0.3 is 10.6 Å². The SMILES string of the molecule is [B]/C(C)=C1\NC(NC)=C(Br)C(=N)N1N=C. The maximum Gasteiger partial charge on any atom is 0.166 e. The van der Waals surface area contributed by atoms with E-state index in [0.29, 0.717) is 21.6 Å². The second kappa shape index (κ2) is 4.52. The Labute approximate surface area is 98.3 Å². The molecule has 0 aromatic carbocycles. The lowest BCUT2D eigenvalue weighted by Gasteiger charge is -2.31. The molecule has 0 fully saturated rings. The van der Waals surface area contributed by atoms with Gasteiger partial charge in [-0.2, -0.15) is 10.1 Å². The van der Waals surface area contributed by atoms with Gasteiger partial charge in [-0.3, -0.25) is 5.41 Å². The Morgan fingerprint density at radius 1 is 1.73 bits per heavy atom. The molecule has 0 aromatic rings. The van der Waals surface area contributed by atoms with E-state index in [2.05, 4.69) is 38.4 Å². The molecule has 0 saturated carbocycles. The normalized spacial score (nSPS) is 19.9. The fourth-order valence-corrected chi connectivity index (χ4v) is 1.59. The van der Waals surface area contributed by atoms with Crippen molar-refractivity contribution in [1.82, 2.24) is 15.6 Å². The average molecular weight is 268 g/mol. The maximum absolute atomic E-state index is 7.83. The number of nitrogens with one attached hydrogen (secondary N) is 3. The number of halogens is 1. The molecule has 0 spiro atoms. The van der Waals surface area contributed by atoms with Crippen LogP contribution in [0.5, 0.6) is 0 Å². The van der Waals surface area contributed by atoms with Crippen LogP contribution in [-0.4, -0.2) is 32.5 Å². The molecular formula is C8H11BBrN5. The summed E-state index contributed by atoms with van der Waals surface area (Å²) >= 11 is 3.28. The summed E-state index contributed by atoms with van der Waals surface area (Å²) in [5.41, 5.74) is 0.528. The molecule has 1 aliphatic rings. The molecular weight excluding hydrogens is 257 g/mol. The number of hydrogen-bond donors (Lipinski definition) is 3. The van der Waals surface area contributed by atoms with E-state index in [1.807, 2.05) is 0 Å². The molecule has 7 heteroatoms. The molecule has 1 heterocycles. The number of amidine groups is 1. The van der Waals surface area contributed by atoms with Gasteiger partial charge in [0.2, 0.25) is 0 Å². The summed E-state index contributed by atoms with van der Waals surface area (Å²) < 4.78 is 0.572. The van der Waals surface area contributed by atoms with Crippen molar-refractivity contribution in [2.24, 2.45) is 5.10 Å². The highest BCUT2D eigenvalue weighted by atomic mass is 79.9. The van der Waals surface area contributed by atoms with Crippen LogP contribution in [0.15, 0.2) is 26.7 Å². The van der Waals surface area contributed by atoms with Gasteiger partial charge >= 0.3 is 0 Å². The lowest BCUT2D eigenvalue weighted by molar-refractivity contribution is 0.490. The molecule has 3 N–H and O–H groups in total. The maximum atomic E-state index is 7.83. The molecule has 0 amide bonds. The lowest BCUT2D eigenvalue weighted by atomic mass is 9.97. The third kappa shape index (κ3) is 2.06. The van der Waals surface area contributed by atoms with E-state index >= 15 is 0 Å². The highest BCUT2D eigenvalue weighted by Gasteiger charge is 2.25. The van der Waals surface area contributed by atoms with Crippen molar-refractivity contribution in [3.63, 3.8) is 0 Å². The predicted molar refractivity (Wildman–Crippen MR) is 65.7 cm³/mol. The fourth-order valence-electron chi connectivity index (χ4n) is 1.13. The highest BCUT2D eigenvalue weighted by molar-refractivity contribution is 9.12. The van der Waals surface area contributed by atoms with E-state index < -0.39 is 0 Å². The summed E-state index contributed by atoms with van der Waals surface area (Å²) in [7, 11) is 7.43. The van der Waals surface area contributed by atoms with Crippen molar-refractivity contribution in [1.29, 1.82) is 5.41 Å². The highest BCUT2D eigenvalue weighted by Crippen LogP contribution is 2.23. The number of rotatable bonds is 2. The smallest absolute Gasteiger partial charge is 0.166 e. The molecule has 78 valence electrons. The van der Waals surface area contributed by atoms with Gasteiger partial charge in [0.1, 0.15) is 24.0 Å². The number of hydrogen-bond acceptors (Lipinski definition) is 4. The first-order valence-electron chi connectivity index (χ1n) is 4.19. The summed E-state index contributed by atoms with van der Waals surface area (Å²) in [5, 5.41) is 18.8. The molecule has 15 heavy (non-hydrogen) atoms. The minimum absolute atomic E-state index is 0.174. The van der Waals surface area contributed by atoms with Crippen molar-refractivity contribution in [3.05, 3.63) is 21.6 Å². The van der Waals surface area contributed by atoms with Crippen molar-refractivity contribution >= 4 is 36.3 Å². The van der Waals surface area contributed by atoms with E-state index in [0.717, 1.165) is 0 Å². The van der Waals surface area contributed by atoms with Crippen molar-refractivity contribution in [2.75, 3.05) is 7.05 Å². The van der Waals surface area contributed by atoms with Crippen molar-refractivity contribution in [3.8, 4) is 0 Å². The largest absolute Gasteiger partial charge is 0.374 e. The Morgan fingerprint density at radius 3 is 2.73 bits per heavy atom. The Bertz CT molecular complexity index is 369. The molecule has 1 rings (SSSR count). The van der Waals surface area contributed by atoms with Gasteiger partial charge in [0.15, 0.2) is 5.84 Å². The van der Waals surface area contributed by atoms with Crippen LogP contribution in [0.25, 0.3) is 0 Å². The summed E-state index contributed by atoms with van der Waals surface area (Å²) in [4.78, 5) is 0. The van der Waals surface area contributed by atoms with Crippen LogP contribution in [0, 0.1) is 5.41 Å². The average Bonchev–Trinajstić information content (AvgIpc) is 2.21. The molecule has 1 aliphatic heterocycles. The first-order chi connectivity index (χ1) is 7.02. The summed E-state index contributed by atoms with van der Waals surface area (Å²) in [6, 6.07) is 0. The second-order valence-electron chi connectivity index (χ2n) is 2.90. The minimum atomic E-state index is 0.174. The third-order valence-electron chi connectivity index (χ3n) is 1.86. The molecule has 0 saturated heterocycles. The van der Waals surface area contributed by atoms with Gasteiger partial charge in [-0.05, 0) is 22.9 Å². The molecule has 0 unspecified atom stereocenters. The van der Waals surface area contributed by atoms with E-state index in [1.165, 1.54) is 5.01 Å². The van der Waals surface area contributed by atoms with Crippen molar-refractivity contribution in [2.45, 2.75) is 6.92 Å². The molecule has 0 aliphatic carbocycles. The molecule has 0 atom stereocenters. The Morgan fingerprint density at radius 2 is 2.33 bits per heavy atom. The van der Waals surface area contributed by atoms with Gasteiger partial charge in [0.25, 0.3) is 0 Å². The van der Waals surface area contributed by atoms with E-state index in [-0.39, 0.29) is 5.84 Å². The van der Waals surface area contributed by atoms with Crippen LogP contribution >= 0.6 is 15.9 Å². The number of nitrogens with zero attached hydrogens (tertiary/aromatic N) is 2.